The van der Waals surface area contributed by atoms with Crippen molar-refractivity contribution in [2.24, 2.45) is 0 Å². The van der Waals surface area contributed by atoms with E-state index in [4.69, 9.17) is 4.42 Å². The van der Waals surface area contributed by atoms with E-state index in [0.717, 1.165) is 37.4 Å². The molecule has 7 nitrogen and oxygen atoms in total. The number of rotatable bonds is 5. The van der Waals surface area contributed by atoms with Gasteiger partial charge in [0, 0.05) is 30.5 Å². The van der Waals surface area contributed by atoms with Crippen LogP contribution in [0.15, 0.2) is 77.3 Å². The maximum atomic E-state index is 13.2. The molecule has 4 aromatic rings. The summed E-state index contributed by atoms with van der Waals surface area (Å²) < 4.78 is 7.42. The first-order valence-corrected chi connectivity index (χ1v) is 11.0. The Balaban J connectivity index is 1.40. The number of benzene rings is 2. The van der Waals surface area contributed by atoms with Crippen LogP contribution in [0.2, 0.25) is 0 Å². The van der Waals surface area contributed by atoms with Gasteiger partial charge in [0.2, 0.25) is 0 Å². The van der Waals surface area contributed by atoms with E-state index in [9.17, 15) is 9.59 Å². The summed E-state index contributed by atoms with van der Waals surface area (Å²) in [5.41, 5.74) is 2.92. The third-order valence-corrected chi connectivity index (χ3v) is 5.74. The van der Waals surface area contributed by atoms with Crippen LogP contribution in [0.25, 0.3) is 17.1 Å². The van der Waals surface area contributed by atoms with E-state index in [1.807, 2.05) is 54.3 Å². The minimum absolute atomic E-state index is 0.0324. The van der Waals surface area contributed by atoms with Crippen LogP contribution in [0.3, 0.4) is 0 Å². The highest BCUT2D eigenvalue weighted by molar-refractivity contribution is 6.08. The first-order chi connectivity index (χ1) is 16.1. The zero-order valence-corrected chi connectivity index (χ0v) is 18.3. The fraction of sp³-hybridized carbons (Fsp3) is 0.192. The molecule has 7 heteroatoms. The number of carbonyl (C=O) groups is 2. The molecule has 166 valence electrons. The predicted molar refractivity (Wildman–Crippen MR) is 126 cm³/mol. The Morgan fingerprint density at radius 1 is 0.939 bits per heavy atom. The average molecular weight is 441 g/mol. The molecule has 0 atom stereocenters. The van der Waals surface area contributed by atoms with Gasteiger partial charge in [-0.1, -0.05) is 18.2 Å². The summed E-state index contributed by atoms with van der Waals surface area (Å²) in [7, 11) is 0. The molecule has 1 fully saturated rings. The molecule has 1 aliphatic heterocycles. The molecule has 5 rings (SSSR count). The first-order valence-electron chi connectivity index (χ1n) is 11.0. The van der Waals surface area contributed by atoms with Crippen molar-refractivity contribution < 1.29 is 14.0 Å². The number of hydrogen-bond donors (Lipinski definition) is 1. The molecule has 33 heavy (non-hydrogen) atoms. The Bertz CT molecular complexity index is 1280. The minimum Gasteiger partial charge on any atom is -0.460 e. The minimum atomic E-state index is -0.306. The second-order valence-electron chi connectivity index (χ2n) is 8.11. The van der Waals surface area contributed by atoms with Gasteiger partial charge in [0.25, 0.3) is 11.8 Å². The molecule has 0 bridgehead atoms. The molecular weight excluding hydrogens is 416 g/mol. The number of likely N-dealkylation sites (tertiary alicyclic amines) is 1. The Morgan fingerprint density at radius 3 is 2.33 bits per heavy atom. The summed E-state index contributed by atoms with van der Waals surface area (Å²) in [6, 6.07) is 20.2. The molecule has 0 spiro atoms. The van der Waals surface area contributed by atoms with E-state index in [1.165, 1.54) is 0 Å². The van der Waals surface area contributed by atoms with Crippen molar-refractivity contribution in [3.8, 4) is 17.1 Å². The van der Waals surface area contributed by atoms with Crippen LogP contribution >= 0.6 is 0 Å². The normalized spacial score (nSPS) is 13.3. The van der Waals surface area contributed by atoms with E-state index in [2.05, 4.69) is 10.4 Å². The van der Waals surface area contributed by atoms with Gasteiger partial charge in [0.1, 0.15) is 11.5 Å². The molecule has 2 aromatic heterocycles. The maximum absolute atomic E-state index is 13.2. The number of hydrogen-bond acceptors (Lipinski definition) is 4. The number of carbonyl (C=O) groups excluding carboxylic acids is 2. The van der Waals surface area contributed by atoms with Gasteiger partial charge in [0.05, 0.1) is 11.3 Å². The number of para-hydroxylation sites is 1. The topological polar surface area (TPSA) is 80.4 Å². The third kappa shape index (κ3) is 4.30. The molecular formula is C26H24N4O3. The summed E-state index contributed by atoms with van der Waals surface area (Å²) >= 11 is 0. The molecule has 1 N–H and O–H groups in total. The summed E-state index contributed by atoms with van der Waals surface area (Å²) in [5.74, 6) is 0.993. The van der Waals surface area contributed by atoms with Gasteiger partial charge in [0.15, 0.2) is 5.76 Å². The van der Waals surface area contributed by atoms with Gasteiger partial charge < -0.3 is 14.6 Å². The molecule has 2 aromatic carbocycles. The molecule has 0 saturated carbocycles. The van der Waals surface area contributed by atoms with Gasteiger partial charge in [-0.05, 0) is 68.3 Å². The lowest BCUT2D eigenvalue weighted by Gasteiger charge is -2.15. The van der Waals surface area contributed by atoms with Crippen molar-refractivity contribution >= 4 is 17.5 Å². The number of amides is 2. The summed E-state index contributed by atoms with van der Waals surface area (Å²) in [5, 5.41) is 7.54. The Morgan fingerprint density at radius 2 is 1.67 bits per heavy atom. The number of furan rings is 1. The largest absolute Gasteiger partial charge is 0.460 e. The lowest BCUT2D eigenvalue weighted by Crippen LogP contribution is -2.27. The zero-order valence-electron chi connectivity index (χ0n) is 18.3. The lowest BCUT2D eigenvalue weighted by molar-refractivity contribution is 0.0792. The highest BCUT2D eigenvalue weighted by atomic mass is 16.3. The van der Waals surface area contributed by atoms with Gasteiger partial charge in [-0.3, -0.25) is 9.59 Å². The Kier molecular flexibility index (Phi) is 5.52. The van der Waals surface area contributed by atoms with Crippen LogP contribution in [0.4, 0.5) is 5.69 Å². The summed E-state index contributed by atoms with van der Waals surface area (Å²) in [6.45, 7) is 3.46. The molecule has 0 aliphatic carbocycles. The van der Waals surface area contributed by atoms with E-state index in [0.29, 0.717) is 28.3 Å². The van der Waals surface area contributed by atoms with Gasteiger partial charge in [-0.2, -0.15) is 5.10 Å². The number of nitrogens with one attached hydrogen (secondary N) is 1. The first kappa shape index (κ1) is 20.8. The van der Waals surface area contributed by atoms with Crippen LogP contribution in [0.1, 0.15) is 39.3 Å². The molecule has 0 radical (unpaired) electrons. The third-order valence-electron chi connectivity index (χ3n) is 5.74. The summed E-state index contributed by atoms with van der Waals surface area (Å²) in [4.78, 5) is 27.6. The van der Waals surface area contributed by atoms with E-state index < -0.39 is 0 Å². The second kappa shape index (κ2) is 8.78. The fourth-order valence-corrected chi connectivity index (χ4v) is 3.99. The molecule has 0 unspecified atom stereocenters. The standard InChI is InChI=1S/C26H24N4O3/c1-18-9-14-23(33-18)24-22(17-30(28-24)21-7-3-2-4-8-21)25(31)27-20-12-10-19(11-13-20)26(32)29-15-5-6-16-29/h2-4,7-14,17H,5-6,15-16H2,1H3,(H,27,31). The van der Waals surface area contributed by atoms with Crippen molar-refractivity contribution in [1.29, 1.82) is 0 Å². The van der Waals surface area contributed by atoms with Crippen LogP contribution < -0.4 is 5.32 Å². The van der Waals surface area contributed by atoms with Crippen LogP contribution in [0, 0.1) is 6.92 Å². The number of aryl methyl sites for hydroxylation is 1. The quantitative estimate of drug-likeness (QED) is 0.477. The second-order valence-corrected chi connectivity index (χ2v) is 8.11. The maximum Gasteiger partial charge on any atom is 0.259 e. The number of nitrogens with zero attached hydrogens (tertiary/aromatic N) is 3. The van der Waals surface area contributed by atoms with Crippen molar-refractivity contribution in [3.63, 3.8) is 0 Å². The van der Waals surface area contributed by atoms with Crippen molar-refractivity contribution in [1.82, 2.24) is 14.7 Å². The van der Waals surface area contributed by atoms with Crippen LogP contribution in [-0.4, -0.2) is 39.6 Å². The van der Waals surface area contributed by atoms with Gasteiger partial charge >= 0.3 is 0 Å². The Hall–Kier alpha value is -4.13. The zero-order chi connectivity index (χ0) is 22.8. The van der Waals surface area contributed by atoms with E-state index in [1.54, 1.807) is 35.1 Å². The molecule has 1 aliphatic rings. The Labute approximate surface area is 191 Å². The summed E-state index contributed by atoms with van der Waals surface area (Å²) in [6.07, 6.45) is 3.80. The molecule has 3 heterocycles. The van der Waals surface area contributed by atoms with Gasteiger partial charge in [-0.15, -0.1) is 0 Å². The van der Waals surface area contributed by atoms with Gasteiger partial charge in [-0.25, -0.2) is 4.68 Å². The predicted octanol–water partition coefficient (Wildman–Crippen LogP) is 4.93. The molecule has 2 amide bonds. The highest BCUT2D eigenvalue weighted by Crippen LogP contribution is 2.27. The number of aromatic nitrogens is 2. The van der Waals surface area contributed by atoms with Crippen molar-refractivity contribution in [2.75, 3.05) is 18.4 Å². The average Bonchev–Trinajstić information content (AvgIpc) is 3.60. The smallest absolute Gasteiger partial charge is 0.259 e. The molecule has 1 saturated heterocycles. The van der Waals surface area contributed by atoms with E-state index >= 15 is 0 Å². The van der Waals surface area contributed by atoms with Crippen molar-refractivity contribution in [2.45, 2.75) is 19.8 Å². The monoisotopic (exact) mass is 440 g/mol. The van der Waals surface area contributed by atoms with Crippen molar-refractivity contribution in [3.05, 3.63) is 89.8 Å². The van der Waals surface area contributed by atoms with Crippen LogP contribution in [0.5, 0.6) is 0 Å². The van der Waals surface area contributed by atoms with Crippen LogP contribution in [-0.2, 0) is 0 Å². The highest BCUT2D eigenvalue weighted by Gasteiger charge is 2.22. The van der Waals surface area contributed by atoms with E-state index in [-0.39, 0.29) is 11.8 Å². The lowest BCUT2D eigenvalue weighted by atomic mass is 10.1. The SMILES string of the molecule is Cc1ccc(-c2nn(-c3ccccc3)cc2C(=O)Nc2ccc(C(=O)N3CCCC3)cc2)o1. The fourth-order valence-electron chi connectivity index (χ4n) is 3.99. The number of anilines is 1.